The second-order valence-electron chi connectivity index (χ2n) is 10.9. The summed E-state index contributed by atoms with van der Waals surface area (Å²) >= 11 is 0. The highest BCUT2D eigenvalue weighted by Crippen LogP contribution is 2.53. The van der Waals surface area contributed by atoms with Gasteiger partial charge in [-0.15, -0.1) is 0 Å². The van der Waals surface area contributed by atoms with E-state index in [0.717, 1.165) is 0 Å². The molecule has 1 aromatic heterocycles. The van der Waals surface area contributed by atoms with Crippen molar-refractivity contribution in [1.29, 1.82) is 0 Å². The smallest absolute Gasteiger partial charge is 0.0550 e. The second kappa shape index (κ2) is 7.82. The quantitative estimate of drug-likeness (QED) is 0.225. The summed E-state index contributed by atoms with van der Waals surface area (Å²) in [4.78, 5) is 0. The molecule has 0 saturated heterocycles. The van der Waals surface area contributed by atoms with Crippen LogP contribution in [0, 0.1) is 5.92 Å². The summed E-state index contributed by atoms with van der Waals surface area (Å²) in [6.07, 6.45) is 13.9. The fraction of sp³-hybridized carbons (Fsp3) is 0.0526. The highest BCUT2D eigenvalue weighted by atomic mass is 15.0. The van der Waals surface area contributed by atoms with Crippen LogP contribution >= 0.6 is 0 Å². The van der Waals surface area contributed by atoms with Crippen molar-refractivity contribution in [3.63, 3.8) is 0 Å². The van der Waals surface area contributed by atoms with Gasteiger partial charge in [0.15, 0.2) is 0 Å². The van der Waals surface area contributed by atoms with Gasteiger partial charge in [0.25, 0.3) is 0 Å². The van der Waals surface area contributed by atoms with Crippen LogP contribution < -0.4 is 0 Å². The average molecular weight is 496 g/mol. The number of rotatable bonds is 2. The van der Waals surface area contributed by atoms with E-state index in [0.29, 0.717) is 11.8 Å². The first kappa shape index (κ1) is 21.1. The first-order valence-electron chi connectivity index (χ1n) is 13.8. The fourth-order valence-corrected chi connectivity index (χ4v) is 7.23. The molecule has 3 aliphatic rings. The van der Waals surface area contributed by atoms with Crippen molar-refractivity contribution in [3.8, 4) is 39.1 Å². The molecule has 6 aromatic rings. The van der Waals surface area contributed by atoms with Crippen LogP contribution in [0.3, 0.4) is 0 Å². The van der Waals surface area contributed by atoms with E-state index in [-0.39, 0.29) is 0 Å². The SMILES string of the molecule is C1=CC2C=Cc3c(c4c5cccc6c5c(cc4n3-c3cccc(-c4ccccc4)c3)-c3ccccc3-6)C2C=C1. The Morgan fingerprint density at radius 1 is 0.538 bits per heavy atom. The zero-order valence-electron chi connectivity index (χ0n) is 21.4. The van der Waals surface area contributed by atoms with Crippen molar-refractivity contribution in [3.05, 3.63) is 145 Å². The summed E-state index contributed by atoms with van der Waals surface area (Å²) in [6.45, 7) is 0. The van der Waals surface area contributed by atoms with E-state index in [1.54, 1.807) is 0 Å². The molecule has 2 atom stereocenters. The lowest BCUT2D eigenvalue weighted by atomic mass is 9.77. The van der Waals surface area contributed by atoms with Gasteiger partial charge in [-0.25, -0.2) is 0 Å². The summed E-state index contributed by atoms with van der Waals surface area (Å²) in [5.74, 6) is 0.717. The van der Waals surface area contributed by atoms with Crippen molar-refractivity contribution >= 4 is 27.8 Å². The first-order valence-corrected chi connectivity index (χ1v) is 13.8. The van der Waals surface area contributed by atoms with Crippen LogP contribution in [0.25, 0.3) is 66.8 Å². The van der Waals surface area contributed by atoms with Crippen molar-refractivity contribution in [2.75, 3.05) is 0 Å². The molecule has 39 heavy (non-hydrogen) atoms. The number of fused-ring (bicyclic) bond motifs is 9. The molecular formula is C38H25N. The third kappa shape index (κ3) is 2.85. The summed E-state index contributed by atoms with van der Waals surface area (Å²) in [6, 6.07) is 37.9. The molecule has 0 amide bonds. The molecule has 1 heterocycles. The van der Waals surface area contributed by atoms with Crippen LogP contribution in [0.2, 0.25) is 0 Å². The lowest BCUT2D eigenvalue weighted by Gasteiger charge is -2.26. The lowest BCUT2D eigenvalue weighted by molar-refractivity contribution is 0.694. The van der Waals surface area contributed by atoms with Crippen LogP contribution in [0.1, 0.15) is 17.2 Å². The van der Waals surface area contributed by atoms with Gasteiger partial charge >= 0.3 is 0 Å². The monoisotopic (exact) mass is 495 g/mol. The predicted octanol–water partition coefficient (Wildman–Crippen LogP) is 9.95. The van der Waals surface area contributed by atoms with Gasteiger partial charge < -0.3 is 4.57 Å². The van der Waals surface area contributed by atoms with Gasteiger partial charge in [-0.3, -0.25) is 0 Å². The van der Waals surface area contributed by atoms with Crippen LogP contribution in [0.15, 0.2) is 134 Å². The van der Waals surface area contributed by atoms with Gasteiger partial charge in [0.2, 0.25) is 0 Å². The number of aromatic nitrogens is 1. The van der Waals surface area contributed by atoms with Gasteiger partial charge in [-0.1, -0.05) is 115 Å². The van der Waals surface area contributed by atoms with Crippen molar-refractivity contribution in [2.24, 2.45) is 5.92 Å². The molecule has 3 aliphatic carbocycles. The second-order valence-corrected chi connectivity index (χ2v) is 10.9. The number of nitrogens with zero attached hydrogens (tertiary/aromatic N) is 1. The molecule has 9 rings (SSSR count). The molecule has 1 nitrogen and oxygen atoms in total. The Kier molecular flexibility index (Phi) is 4.23. The van der Waals surface area contributed by atoms with E-state index < -0.39 is 0 Å². The van der Waals surface area contributed by atoms with Gasteiger partial charge in [-0.2, -0.15) is 0 Å². The van der Waals surface area contributed by atoms with Gasteiger partial charge in [-0.05, 0) is 74.0 Å². The minimum atomic E-state index is 0.330. The average Bonchev–Trinajstić information content (AvgIpc) is 3.52. The normalized spacial score (nSPS) is 17.9. The van der Waals surface area contributed by atoms with Crippen LogP contribution in [-0.4, -0.2) is 4.57 Å². The Labute approximate surface area is 227 Å². The number of hydrogen-bond donors (Lipinski definition) is 0. The summed E-state index contributed by atoms with van der Waals surface area (Å²) in [5.41, 5.74) is 13.1. The maximum absolute atomic E-state index is 2.51. The Balaban J connectivity index is 1.42. The van der Waals surface area contributed by atoms with E-state index in [1.165, 1.54) is 72.0 Å². The zero-order chi connectivity index (χ0) is 25.5. The number of hydrogen-bond acceptors (Lipinski definition) is 0. The summed E-state index contributed by atoms with van der Waals surface area (Å²) in [7, 11) is 0. The Hall–Kier alpha value is -4.88. The molecule has 0 N–H and O–H groups in total. The molecule has 5 aromatic carbocycles. The highest BCUT2D eigenvalue weighted by molar-refractivity contribution is 6.24. The van der Waals surface area contributed by atoms with Crippen molar-refractivity contribution in [2.45, 2.75) is 5.92 Å². The molecular weight excluding hydrogens is 470 g/mol. The molecule has 0 saturated carbocycles. The van der Waals surface area contributed by atoms with E-state index in [1.807, 2.05) is 0 Å². The molecule has 0 bridgehead atoms. The lowest BCUT2D eigenvalue weighted by Crippen LogP contribution is -2.14. The first-order chi connectivity index (χ1) is 19.4. The Morgan fingerprint density at radius 2 is 1.28 bits per heavy atom. The molecule has 0 radical (unpaired) electrons. The molecule has 0 fully saturated rings. The van der Waals surface area contributed by atoms with E-state index in [9.17, 15) is 0 Å². The van der Waals surface area contributed by atoms with E-state index in [4.69, 9.17) is 0 Å². The molecule has 1 heteroatoms. The van der Waals surface area contributed by atoms with Crippen LogP contribution in [0.5, 0.6) is 0 Å². The Bertz CT molecular complexity index is 2070. The van der Waals surface area contributed by atoms with Gasteiger partial charge in [0.05, 0.1) is 11.2 Å². The molecule has 2 unspecified atom stereocenters. The third-order valence-electron chi connectivity index (χ3n) is 8.87. The van der Waals surface area contributed by atoms with Gasteiger partial charge in [0.1, 0.15) is 0 Å². The molecule has 0 spiro atoms. The topological polar surface area (TPSA) is 4.93 Å². The van der Waals surface area contributed by atoms with Crippen LogP contribution in [0.4, 0.5) is 0 Å². The third-order valence-corrected chi connectivity index (χ3v) is 8.87. The van der Waals surface area contributed by atoms with E-state index >= 15 is 0 Å². The number of allylic oxidation sites excluding steroid dienone is 5. The fourth-order valence-electron chi connectivity index (χ4n) is 7.23. The number of benzene rings is 5. The van der Waals surface area contributed by atoms with Crippen LogP contribution in [-0.2, 0) is 0 Å². The largest absolute Gasteiger partial charge is 0.310 e. The maximum atomic E-state index is 2.51. The summed E-state index contributed by atoms with van der Waals surface area (Å²) < 4.78 is 2.51. The Morgan fingerprint density at radius 3 is 2.18 bits per heavy atom. The predicted molar refractivity (Wildman–Crippen MR) is 164 cm³/mol. The standard InChI is InChI=1S/C38H25N/c1-2-10-24(11-3-1)26-13-8-14-27(22-26)39-34-21-20-25-12-4-5-15-28(25)37(34)38-32-19-9-18-31-29-16-6-7-17-30(29)33(36(31)32)23-35(38)39/h1-23,25,28H. The van der Waals surface area contributed by atoms with E-state index in [2.05, 4.69) is 144 Å². The van der Waals surface area contributed by atoms with Gasteiger partial charge in [0, 0.05) is 22.9 Å². The zero-order valence-corrected chi connectivity index (χ0v) is 21.4. The maximum Gasteiger partial charge on any atom is 0.0550 e. The minimum absolute atomic E-state index is 0.330. The summed E-state index contributed by atoms with van der Waals surface area (Å²) in [5, 5.41) is 4.15. The highest BCUT2D eigenvalue weighted by Gasteiger charge is 2.33. The molecule has 0 aliphatic heterocycles. The molecule has 182 valence electrons. The van der Waals surface area contributed by atoms with Crippen molar-refractivity contribution < 1.29 is 0 Å². The minimum Gasteiger partial charge on any atom is -0.310 e. The van der Waals surface area contributed by atoms with Crippen molar-refractivity contribution in [1.82, 2.24) is 4.57 Å².